The first kappa shape index (κ1) is 15.9. The van der Waals surface area contributed by atoms with E-state index in [1.807, 2.05) is 6.92 Å². The number of anilines is 1. The van der Waals surface area contributed by atoms with E-state index in [-0.39, 0.29) is 16.7 Å². The molecule has 7 heteroatoms. The number of hydrogen-bond donors (Lipinski definition) is 1. The summed E-state index contributed by atoms with van der Waals surface area (Å²) < 4.78 is 40.5. The van der Waals surface area contributed by atoms with Crippen LogP contribution in [0.25, 0.3) is 10.9 Å². The molecule has 1 aromatic carbocycles. The molecule has 3 aromatic rings. The molecule has 122 valence electrons. The van der Waals surface area contributed by atoms with Crippen LogP contribution < -0.4 is 5.32 Å². The molecule has 24 heavy (non-hydrogen) atoms. The number of benzene rings is 1. The summed E-state index contributed by atoms with van der Waals surface area (Å²) in [5, 5.41) is 2.26. The third-order valence-electron chi connectivity index (χ3n) is 3.46. The molecule has 0 saturated heterocycles. The van der Waals surface area contributed by atoms with Gasteiger partial charge in [-0.25, -0.2) is 4.98 Å². The molecule has 0 aliphatic carbocycles. The third kappa shape index (κ3) is 3.05. The van der Waals surface area contributed by atoms with Gasteiger partial charge in [-0.05, 0) is 24.6 Å². The molecule has 0 atom stereocenters. The van der Waals surface area contributed by atoms with Crippen molar-refractivity contribution in [3.8, 4) is 0 Å². The monoisotopic (exact) mass is 331 g/mol. The van der Waals surface area contributed by atoms with E-state index in [4.69, 9.17) is 0 Å². The lowest BCUT2D eigenvalue weighted by Crippen LogP contribution is -2.20. The van der Waals surface area contributed by atoms with Crippen LogP contribution in [0.2, 0.25) is 0 Å². The average Bonchev–Trinajstić information content (AvgIpc) is 2.55. The number of alkyl halides is 3. The summed E-state index contributed by atoms with van der Waals surface area (Å²) in [6.45, 7) is 1.81. The second kappa shape index (κ2) is 5.92. The number of carbonyl (C=O) groups excluding carboxylic acids is 1. The van der Waals surface area contributed by atoms with E-state index in [1.54, 1.807) is 12.1 Å². The molecule has 2 aromatic heterocycles. The highest BCUT2D eigenvalue weighted by molar-refractivity contribution is 6.07. The Balaban J connectivity index is 2.08. The zero-order chi connectivity index (χ0) is 17.3. The van der Waals surface area contributed by atoms with E-state index >= 15 is 0 Å². The number of pyridine rings is 2. The van der Waals surface area contributed by atoms with E-state index in [9.17, 15) is 18.0 Å². The van der Waals surface area contributed by atoms with Gasteiger partial charge in [0, 0.05) is 17.8 Å². The third-order valence-corrected chi connectivity index (χ3v) is 3.46. The first-order chi connectivity index (χ1) is 11.4. The summed E-state index contributed by atoms with van der Waals surface area (Å²) >= 11 is 0. The van der Waals surface area contributed by atoms with Gasteiger partial charge >= 0.3 is 6.18 Å². The lowest BCUT2D eigenvalue weighted by atomic mass is 10.0. The largest absolute Gasteiger partial charge is 0.417 e. The number of amides is 1. The minimum atomic E-state index is -4.68. The summed E-state index contributed by atoms with van der Waals surface area (Å²) in [5.41, 5.74) is -0.493. The van der Waals surface area contributed by atoms with Crippen LogP contribution in [0.3, 0.4) is 0 Å². The highest BCUT2D eigenvalue weighted by Gasteiger charge is 2.37. The minimum absolute atomic E-state index is 0.116. The molecule has 2 heterocycles. The highest BCUT2D eigenvalue weighted by atomic mass is 19.4. The molecular weight excluding hydrogens is 319 g/mol. The van der Waals surface area contributed by atoms with Crippen LogP contribution in [0.4, 0.5) is 19.0 Å². The van der Waals surface area contributed by atoms with Crippen LogP contribution in [0, 0.1) is 6.92 Å². The van der Waals surface area contributed by atoms with Crippen LogP contribution in [-0.4, -0.2) is 15.9 Å². The first-order valence-electron chi connectivity index (χ1n) is 7.05. The van der Waals surface area contributed by atoms with Crippen molar-refractivity contribution in [3.05, 3.63) is 65.5 Å². The fraction of sp³-hybridized carbons (Fsp3) is 0.118. The van der Waals surface area contributed by atoms with Crippen molar-refractivity contribution in [2.75, 3.05) is 5.32 Å². The Hall–Kier alpha value is -2.96. The van der Waals surface area contributed by atoms with Gasteiger partial charge in [-0.2, -0.15) is 13.2 Å². The molecule has 0 unspecified atom stereocenters. The number of hydrogen-bond acceptors (Lipinski definition) is 3. The molecule has 0 bridgehead atoms. The van der Waals surface area contributed by atoms with Gasteiger partial charge in [0.2, 0.25) is 0 Å². The Morgan fingerprint density at radius 2 is 1.79 bits per heavy atom. The van der Waals surface area contributed by atoms with Crippen molar-refractivity contribution >= 4 is 22.6 Å². The standard InChI is InChI=1S/C17H12F3N3O/c1-10-6-7-14(22-8-10)23-16(24)12-9-21-13-5-3-2-4-11(13)15(12)17(18,19)20/h2-9H,1H3,(H,22,23,24). The zero-order valence-corrected chi connectivity index (χ0v) is 12.6. The normalized spacial score (nSPS) is 11.5. The molecular formula is C17H12F3N3O. The quantitative estimate of drug-likeness (QED) is 0.765. The molecule has 0 spiro atoms. The molecule has 1 N–H and O–H groups in total. The van der Waals surface area contributed by atoms with Crippen molar-refractivity contribution in [2.24, 2.45) is 0 Å². The second-order valence-electron chi connectivity index (χ2n) is 5.24. The molecule has 0 radical (unpaired) electrons. The maximum absolute atomic E-state index is 13.5. The number of para-hydroxylation sites is 1. The van der Waals surface area contributed by atoms with Gasteiger partial charge in [-0.1, -0.05) is 24.3 Å². The molecule has 0 saturated carbocycles. The number of halogens is 3. The van der Waals surface area contributed by atoms with E-state index in [0.29, 0.717) is 0 Å². The zero-order valence-electron chi connectivity index (χ0n) is 12.6. The van der Waals surface area contributed by atoms with Crippen molar-refractivity contribution < 1.29 is 18.0 Å². The Labute approximate surface area is 135 Å². The Morgan fingerprint density at radius 3 is 2.46 bits per heavy atom. The smallest absolute Gasteiger partial charge is 0.307 e. The van der Waals surface area contributed by atoms with Crippen molar-refractivity contribution in [3.63, 3.8) is 0 Å². The number of carbonyl (C=O) groups is 1. The maximum atomic E-state index is 13.5. The Morgan fingerprint density at radius 1 is 1.04 bits per heavy atom. The van der Waals surface area contributed by atoms with Crippen LogP contribution in [0.1, 0.15) is 21.5 Å². The van der Waals surface area contributed by atoms with Crippen molar-refractivity contribution in [1.82, 2.24) is 9.97 Å². The maximum Gasteiger partial charge on any atom is 0.417 e. The van der Waals surface area contributed by atoms with Crippen LogP contribution in [0.5, 0.6) is 0 Å². The summed E-state index contributed by atoms with van der Waals surface area (Å²) in [5.74, 6) is -0.733. The summed E-state index contributed by atoms with van der Waals surface area (Å²) in [6.07, 6.45) is -2.23. The molecule has 0 aliphatic rings. The second-order valence-corrected chi connectivity index (χ2v) is 5.24. The van der Waals surface area contributed by atoms with Gasteiger partial charge in [-0.15, -0.1) is 0 Å². The predicted octanol–water partition coefficient (Wildman–Crippen LogP) is 4.21. The average molecular weight is 331 g/mol. The van der Waals surface area contributed by atoms with Crippen LogP contribution in [-0.2, 0) is 6.18 Å². The van der Waals surface area contributed by atoms with Gasteiger partial charge in [0.25, 0.3) is 5.91 Å². The number of nitrogens with zero attached hydrogens (tertiary/aromatic N) is 2. The summed E-state index contributed by atoms with van der Waals surface area (Å²) in [7, 11) is 0. The van der Waals surface area contributed by atoms with E-state index in [2.05, 4.69) is 15.3 Å². The lowest BCUT2D eigenvalue weighted by Gasteiger charge is -2.15. The summed E-state index contributed by atoms with van der Waals surface area (Å²) in [6, 6.07) is 9.05. The number of aromatic nitrogens is 2. The lowest BCUT2D eigenvalue weighted by molar-refractivity contribution is -0.136. The SMILES string of the molecule is Cc1ccc(NC(=O)c2cnc3ccccc3c2C(F)(F)F)nc1. The first-order valence-corrected chi connectivity index (χ1v) is 7.05. The van der Waals surface area contributed by atoms with Crippen molar-refractivity contribution in [2.45, 2.75) is 13.1 Å². The van der Waals surface area contributed by atoms with Gasteiger partial charge in [0.05, 0.1) is 16.6 Å². The topological polar surface area (TPSA) is 54.9 Å². The van der Waals surface area contributed by atoms with Gasteiger partial charge in [0.1, 0.15) is 5.82 Å². The van der Waals surface area contributed by atoms with Gasteiger partial charge in [-0.3, -0.25) is 9.78 Å². The fourth-order valence-corrected chi connectivity index (χ4v) is 2.34. The highest BCUT2D eigenvalue weighted by Crippen LogP contribution is 2.36. The van der Waals surface area contributed by atoms with E-state index < -0.39 is 23.2 Å². The molecule has 1 amide bonds. The molecule has 0 aliphatic heterocycles. The summed E-state index contributed by atoms with van der Waals surface area (Å²) in [4.78, 5) is 20.2. The number of nitrogens with one attached hydrogen (secondary N) is 1. The minimum Gasteiger partial charge on any atom is -0.307 e. The number of rotatable bonds is 2. The number of aryl methyl sites for hydroxylation is 1. The molecule has 3 rings (SSSR count). The Bertz CT molecular complexity index is 905. The van der Waals surface area contributed by atoms with Crippen LogP contribution in [0.15, 0.2) is 48.8 Å². The van der Waals surface area contributed by atoms with Crippen LogP contribution >= 0.6 is 0 Å². The Kier molecular flexibility index (Phi) is 3.92. The molecule has 0 fully saturated rings. The van der Waals surface area contributed by atoms with Gasteiger partial charge in [0.15, 0.2) is 0 Å². The van der Waals surface area contributed by atoms with E-state index in [1.165, 1.54) is 30.5 Å². The van der Waals surface area contributed by atoms with Crippen molar-refractivity contribution in [1.29, 1.82) is 0 Å². The number of fused-ring (bicyclic) bond motifs is 1. The van der Waals surface area contributed by atoms with E-state index in [0.717, 1.165) is 11.8 Å². The van der Waals surface area contributed by atoms with Gasteiger partial charge < -0.3 is 5.32 Å². The molecule has 4 nitrogen and oxygen atoms in total. The fourth-order valence-electron chi connectivity index (χ4n) is 2.34. The predicted molar refractivity (Wildman–Crippen MR) is 83.7 cm³/mol.